The van der Waals surface area contributed by atoms with E-state index in [0.29, 0.717) is 66.0 Å². The van der Waals surface area contributed by atoms with Crippen molar-refractivity contribution in [1.82, 2.24) is 10.3 Å². The van der Waals surface area contributed by atoms with Gasteiger partial charge in [-0.3, -0.25) is 9.78 Å². The van der Waals surface area contributed by atoms with Crippen molar-refractivity contribution in [2.45, 2.75) is 45.6 Å². The molecule has 12 heteroatoms. The van der Waals surface area contributed by atoms with E-state index in [1.165, 1.54) is 18.5 Å². The molecule has 0 saturated carbocycles. The predicted octanol–water partition coefficient (Wildman–Crippen LogP) is 5.62. The Bertz CT molecular complexity index is 1750. The molecule has 1 aliphatic heterocycles. The summed E-state index contributed by atoms with van der Waals surface area (Å²) in [6.07, 6.45) is 3.67. The van der Waals surface area contributed by atoms with Crippen molar-refractivity contribution in [1.29, 1.82) is 0 Å². The molecule has 0 spiro atoms. The number of fused-ring (bicyclic) bond motifs is 1. The number of ether oxygens (including phenoxy) is 4. The van der Waals surface area contributed by atoms with Crippen LogP contribution in [0.2, 0.25) is 5.02 Å². The molecule has 0 amide bonds. The van der Waals surface area contributed by atoms with Gasteiger partial charge in [-0.15, -0.1) is 0 Å². The maximum absolute atomic E-state index is 11.8. The number of nitrogens with one attached hydrogen (secondary N) is 1. The van der Waals surface area contributed by atoms with Crippen LogP contribution in [-0.4, -0.2) is 52.9 Å². The van der Waals surface area contributed by atoms with Gasteiger partial charge in [0.05, 0.1) is 10.6 Å². The molecule has 246 valence electrons. The third-order valence-corrected chi connectivity index (χ3v) is 8.06. The van der Waals surface area contributed by atoms with E-state index in [-0.39, 0.29) is 25.3 Å². The molecular weight excluding hydrogens is 626 g/mol. The molecule has 0 aliphatic carbocycles. The van der Waals surface area contributed by atoms with E-state index in [2.05, 4.69) is 10.3 Å². The second-order valence-electron chi connectivity index (χ2n) is 11.0. The highest BCUT2D eigenvalue weighted by molar-refractivity contribution is 6.32. The molecule has 0 saturated heterocycles. The number of nitrogens with two attached hydrogens (primary N) is 1. The van der Waals surface area contributed by atoms with Crippen molar-refractivity contribution in [3.8, 4) is 34.1 Å². The number of rotatable bonds is 15. The number of carboxylic acids is 2. The van der Waals surface area contributed by atoms with Gasteiger partial charge in [-0.05, 0) is 72.8 Å². The second-order valence-corrected chi connectivity index (χ2v) is 11.4. The number of aromatic carboxylic acids is 1. The largest absolute Gasteiger partial charge is 0.488 e. The smallest absolute Gasteiger partial charge is 0.337 e. The molecule has 5 rings (SSSR count). The van der Waals surface area contributed by atoms with E-state index in [9.17, 15) is 19.8 Å². The Kier molecular flexibility index (Phi) is 11.2. The third-order valence-electron chi connectivity index (χ3n) is 7.77. The summed E-state index contributed by atoms with van der Waals surface area (Å²) in [6.45, 7) is 3.79. The van der Waals surface area contributed by atoms with Gasteiger partial charge in [-0.25, -0.2) is 4.79 Å². The first-order valence-electron chi connectivity index (χ1n) is 15.1. The highest BCUT2D eigenvalue weighted by Gasteiger charge is 2.19. The van der Waals surface area contributed by atoms with E-state index in [4.69, 9.17) is 36.3 Å². The van der Waals surface area contributed by atoms with Gasteiger partial charge in [-0.1, -0.05) is 35.9 Å². The first-order chi connectivity index (χ1) is 22.7. The summed E-state index contributed by atoms with van der Waals surface area (Å²) in [5.41, 5.74) is 10.8. The van der Waals surface area contributed by atoms with Crippen LogP contribution in [0, 0.1) is 6.92 Å². The predicted molar refractivity (Wildman–Crippen MR) is 175 cm³/mol. The molecule has 1 aliphatic rings. The number of carbonyl (C=O) groups is 2. The lowest BCUT2D eigenvalue weighted by atomic mass is 9.96. The number of benzene rings is 3. The topological polar surface area (TPSA) is 162 Å². The van der Waals surface area contributed by atoms with Crippen LogP contribution in [-0.2, 0) is 24.6 Å². The van der Waals surface area contributed by atoms with Gasteiger partial charge in [0, 0.05) is 36.1 Å². The third kappa shape index (κ3) is 8.50. The Balaban J connectivity index is 1.37. The van der Waals surface area contributed by atoms with Crippen molar-refractivity contribution in [3.05, 3.63) is 99.8 Å². The Morgan fingerprint density at radius 1 is 0.979 bits per heavy atom. The zero-order valence-electron chi connectivity index (χ0n) is 25.8. The molecule has 1 aromatic heterocycles. The number of halogens is 1. The van der Waals surface area contributed by atoms with Gasteiger partial charge in [0.25, 0.3) is 0 Å². The zero-order valence-corrected chi connectivity index (χ0v) is 26.6. The zero-order chi connectivity index (χ0) is 33.3. The molecule has 47 heavy (non-hydrogen) atoms. The highest BCUT2D eigenvalue weighted by Crippen LogP contribution is 2.37. The van der Waals surface area contributed by atoms with E-state index >= 15 is 0 Å². The van der Waals surface area contributed by atoms with Gasteiger partial charge in [-0.2, -0.15) is 0 Å². The summed E-state index contributed by atoms with van der Waals surface area (Å²) in [5, 5.41) is 22.4. The van der Waals surface area contributed by atoms with Crippen LogP contribution in [0.4, 0.5) is 0 Å². The van der Waals surface area contributed by atoms with Crippen molar-refractivity contribution in [2.24, 2.45) is 5.73 Å². The number of carboxylic acid groups (broad SMARTS) is 2. The molecule has 3 aromatic carbocycles. The van der Waals surface area contributed by atoms with Crippen molar-refractivity contribution in [3.63, 3.8) is 0 Å². The first-order valence-corrected chi connectivity index (χ1v) is 15.5. The number of aromatic nitrogens is 1. The maximum Gasteiger partial charge on any atom is 0.337 e. The fraction of sp³-hybridized carbons (Fsp3) is 0.286. The Labute approximate surface area is 277 Å². The summed E-state index contributed by atoms with van der Waals surface area (Å²) < 4.78 is 23.8. The molecule has 1 atom stereocenters. The van der Waals surface area contributed by atoms with Crippen LogP contribution in [0.3, 0.4) is 0 Å². The van der Waals surface area contributed by atoms with Crippen molar-refractivity contribution in [2.75, 3.05) is 19.8 Å². The van der Waals surface area contributed by atoms with Gasteiger partial charge in [0.2, 0.25) is 0 Å². The van der Waals surface area contributed by atoms with E-state index in [0.717, 1.165) is 28.0 Å². The molecule has 4 aromatic rings. The Hall–Kier alpha value is -4.84. The highest BCUT2D eigenvalue weighted by atomic mass is 35.5. The van der Waals surface area contributed by atoms with Crippen LogP contribution >= 0.6 is 11.6 Å². The summed E-state index contributed by atoms with van der Waals surface area (Å²) in [5.74, 6) is 0.105. The Morgan fingerprint density at radius 2 is 1.77 bits per heavy atom. The monoisotopic (exact) mass is 661 g/mol. The molecule has 0 radical (unpaired) electrons. The molecule has 1 unspecified atom stereocenters. The SMILES string of the molecule is Cc1c(COc2cc(OCc3cncc(C(=O)O)c3)c(CNC(CCCN)C(=O)O)cc2Cl)cccc1-c1ccc2c(c1)OCCO2. The van der Waals surface area contributed by atoms with Gasteiger partial charge < -0.3 is 40.2 Å². The molecular formula is C35H36ClN3O8. The van der Waals surface area contributed by atoms with Crippen molar-refractivity contribution < 1.29 is 38.7 Å². The van der Waals surface area contributed by atoms with E-state index in [1.54, 1.807) is 12.1 Å². The van der Waals surface area contributed by atoms with Crippen LogP contribution in [0.5, 0.6) is 23.0 Å². The van der Waals surface area contributed by atoms with Gasteiger partial charge in [0.15, 0.2) is 11.5 Å². The minimum atomic E-state index is -1.10. The number of hydrogen-bond donors (Lipinski definition) is 4. The molecule has 0 bridgehead atoms. The molecule has 11 nitrogen and oxygen atoms in total. The lowest BCUT2D eigenvalue weighted by molar-refractivity contribution is -0.139. The minimum Gasteiger partial charge on any atom is -0.488 e. The lowest BCUT2D eigenvalue weighted by Gasteiger charge is -2.20. The molecule has 0 fully saturated rings. The maximum atomic E-state index is 11.8. The fourth-order valence-electron chi connectivity index (χ4n) is 5.19. The lowest BCUT2D eigenvalue weighted by Crippen LogP contribution is -2.36. The second kappa shape index (κ2) is 15.6. The number of hydrogen-bond acceptors (Lipinski definition) is 9. The minimum absolute atomic E-state index is 0.00834. The first kappa shape index (κ1) is 33.5. The van der Waals surface area contributed by atoms with E-state index in [1.807, 2.05) is 43.3 Å². The fourth-order valence-corrected chi connectivity index (χ4v) is 5.43. The summed E-state index contributed by atoms with van der Waals surface area (Å²) in [7, 11) is 0. The number of pyridine rings is 1. The van der Waals surface area contributed by atoms with Crippen molar-refractivity contribution >= 4 is 23.5 Å². The normalized spacial score (nSPS) is 12.7. The summed E-state index contributed by atoms with van der Waals surface area (Å²) >= 11 is 6.69. The average molecular weight is 662 g/mol. The van der Waals surface area contributed by atoms with Gasteiger partial charge >= 0.3 is 11.9 Å². The molecule has 5 N–H and O–H groups in total. The van der Waals surface area contributed by atoms with E-state index < -0.39 is 18.0 Å². The Morgan fingerprint density at radius 3 is 2.53 bits per heavy atom. The van der Waals surface area contributed by atoms with Crippen LogP contribution in [0.15, 0.2) is 67.0 Å². The number of nitrogens with zero attached hydrogens (tertiary/aromatic N) is 1. The standard InChI is InChI=1S/C35H36ClN3O8/c1-21-24(4-2-5-27(21)23-7-8-30-33(14-23)45-11-10-44-30)20-47-32-15-31(46-19-22-12-26(34(40)41)17-38-16-22)25(13-28(32)36)18-39-29(35(42)43)6-3-9-37/h2,4-5,7-8,12-17,29,39H,3,6,9-11,18-20,37H2,1H3,(H,40,41)(H,42,43). The summed E-state index contributed by atoms with van der Waals surface area (Å²) in [6, 6.07) is 15.9. The van der Waals surface area contributed by atoms with Crippen LogP contribution < -0.4 is 30.0 Å². The average Bonchev–Trinajstić information content (AvgIpc) is 3.07. The van der Waals surface area contributed by atoms with Gasteiger partial charge in [0.1, 0.15) is 44.0 Å². The molecule has 2 heterocycles. The quantitative estimate of drug-likeness (QED) is 0.125. The van der Waals surface area contributed by atoms with Crippen LogP contribution in [0.1, 0.15) is 45.5 Å². The summed E-state index contributed by atoms with van der Waals surface area (Å²) in [4.78, 5) is 27.2. The van der Waals surface area contributed by atoms with Crippen LogP contribution in [0.25, 0.3) is 11.1 Å². The number of aliphatic carboxylic acids is 1.